The fraction of sp³-hybridized carbons (Fsp3) is 0.471. The Kier molecular flexibility index (Phi) is 3.48. The van der Waals surface area contributed by atoms with Crippen LogP contribution in [0.2, 0.25) is 0 Å². The van der Waals surface area contributed by atoms with E-state index >= 15 is 0 Å². The highest BCUT2D eigenvalue weighted by Crippen LogP contribution is 2.31. The quantitative estimate of drug-likeness (QED) is 0.794. The Bertz CT molecular complexity index is 610. The van der Waals surface area contributed by atoms with Crippen LogP contribution < -0.4 is 0 Å². The molecule has 0 radical (unpaired) electrons. The van der Waals surface area contributed by atoms with E-state index in [1.807, 2.05) is 6.07 Å². The highest BCUT2D eigenvalue weighted by atomic mass is 16.6. The molecule has 20 heavy (non-hydrogen) atoms. The number of nitrogens with zero attached hydrogens (tertiary/aromatic N) is 1. The number of benzene rings is 1. The van der Waals surface area contributed by atoms with Gasteiger partial charge in [-0.15, -0.1) is 0 Å². The Labute approximate surface area is 119 Å². The minimum atomic E-state index is -0.0593. The molecule has 1 unspecified atom stereocenters. The summed E-state index contributed by atoms with van der Waals surface area (Å²) in [5.41, 5.74) is 2.13. The molecule has 1 atom stereocenters. The van der Waals surface area contributed by atoms with Gasteiger partial charge in [0.1, 0.15) is 6.10 Å². The average Bonchev–Trinajstić information content (AvgIpc) is 2.46. The predicted octanol–water partition coefficient (Wildman–Crippen LogP) is 3.62. The summed E-state index contributed by atoms with van der Waals surface area (Å²) in [6.45, 7) is 8.46. The van der Waals surface area contributed by atoms with Crippen molar-refractivity contribution in [2.45, 2.75) is 32.3 Å². The first-order chi connectivity index (χ1) is 9.55. The van der Waals surface area contributed by atoms with Gasteiger partial charge in [-0.2, -0.15) is 0 Å². The van der Waals surface area contributed by atoms with Gasteiger partial charge in [-0.25, -0.2) is 0 Å². The Morgan fingerprint density at radius 2 is 1.95 bits per heavy atom. The molecule has 1 fully saturated rings. The van der Waals surface area contributed by atoms with Crippen LogP contribution in [0, 0.1) is 0 Å². The maximum Gasteiger partial charge on any atom is 0.123 e. The Morgan fingerprint density at radius 3 is 2.65 bits per heavy atom. The van der Waals surface area contributed by atoms with Crippen molar-refractivity contribution in [1.29, 1.82) is 0 Å². The molecule has 0 N–H and O–H groups in total. The zero-order valence-corrected chi connectivity index (χ0v) is 12.3. The standard InChI is InChI=1S/C17H21NO2/c1-17(2,3)15-10-12-6-4-5-7-13(12)16(18-15)14-11-19-8-9-20-14/h4-7,10,14H,8-9,11H2,1-3H3. The Morgan fingerprint density at radius 1 is 1.15 bits per heavy atom. The monoisotopic (exact) mass is 271 g/mol. The molecule has 0 aliphatic carbocycles. The molecule has 3 nitrogen and oxygen atoms in total. The van der Waals surface area contributed by atoms with Crippen LogP contribution >= 0.6 is 0 Å². The molecule has 0 spiro atoms. The van der Waals surface area contributed by atoms with Crippen LogP contribution in [0.15, 0.2) is 30.3 Å². The van der Waals surface area contributed by atoms with Gasteiger partial charge < -0.3 is 9.47 Å². The molecule has 0 saturated carbocycles. The van der Waals surface area contributed by atoms with E-state index in [0.717, 1.165) is 16.8 Å². The minimum Gasteiger partial charge on any atom is -0.376 e. The van der Waals surface area contributed by atoms with Crippen LogP contribution in [-0.2, 0) is 14.9 Å². The summed E-state index contributed by atoms with van der Waals surface area (Å²) in [6.07, 6.45) is -0.0593. The number of hydrogen-bond acceptors (Lipinski definition) is 3. The summed E-state index contributed by atoms with van der Waals surface area (Å²) in [5.74, 6) is 0. The lowest BCUT2D eigenvalue weighted by Gasteiger charge is -2.26. The van der Waals surface area contributed by atoms with Crippen molar-refractivity contribution in [3.05, 3.63) is 41.7 Å². The van der Waals surface area contributed by atoms with Crippen molar-refractivity contribution in [2.75, 3.05) is 19.8 Å². The minimum absolute atomic E-state index is 0.0221. The molecule has 1 aliphatic heterocycles. The summed E-state index contributed by atoms with van der Waals surface area (Å²) < 4.78 is 11.4. The van der Waals surface area contributed by atoms with Crippen LogP contribution in [0.25, 0.3) is 10.8 Å². The van der Waals surface area contributed by atoms with Gasteiger partial charge in [0.05, 0.1) is 25.5 Å². The number of fused-ring (bicyclic) bond motifs is 1. The van der Waals surface area contributed by atoms with Crippen molar-refractivity contribution in [3.63, 3.8) is 0 Å². The van der Waals surface area contributed by atoms with Crippen molar-refractivity contribution < 1.29 is 9.47 Å². The van der Waals surface area contributed by atoms with Crippen LogP contribution in [0.5, 0.6) is 0 Å². The largest absolute Gasteiger partial charge is 0.376 e. The number of pyridine rings is 1. The summed E-state index contributed by atoms with van der Waals surface area (Å²) in [5, 5.41) is 2.38. The average molecular weight is 271 g/mol. The molecule has 3 rings (SSSR count). The SMILES string of the molecule is CC(C)(C)c1cc2ccccc2c(C2COCCO2)n1. The molecule has 106 valence electrons. The summed E-state index contributed by atoms with van der Waals surface area (Å²) in [6, 6.07) is 10.6. The van der Waals surface area contributed by atoms with Gasteiger partial charge in [0.15, 0.2) is 0 Å². The van der Waals surface area contributed by atoms with Gasteiger partial charge in [0.25, 0.3) is 0 Å². The molecule has 3 heteroatoms. The molecule has 0 amide bonds. The third-order valence-electron chi connectivity index (χ3n) is 3.66. The molecule has 0 bridgehead atoms. The van der Waals surface area contributed by atoms with E-state index in [-0.39, 0.29) is 11.5 Å². The van der Waals surface area contributed by atoms with Crippen LogP contribution in [-0.4, -0.2) is 24.8 Å². The van der Waals surface area contributed by atoms with Crippen LogP contribution in [0.1, 0.15) is 38.3 Å². The fourth-order valence-electron chi connectivity index (χ4n) is 2.50. The van der Waals surface area contributed by atoms with E-state index in [2.05, 4.69) is 45.0 Å². The first kappa shape index (κ1) is 13.5. The number of hydrogen-bond donors (Lipinski definition) is 0. The highest BCUT2D eigenvalue weighted by molar-refractivity contribution is 5.85. The van der Waals surface area contributed by atoms with Gasteiger partial charge in [0, 0.05) is 16.5 Å². The molecular formula is C17H21NO2. The lowest BCUT2D eigenvalue weighted by Crippen LogP contribution is -2.24. The topological polar surface area (TPSA) is 31.4 Å². The van der Waals surface area contributed by atoms with E-state index in [1.165, 1.54) is 5.39 Å². The summed E-state index contributed by atoms with van der Waals surface area (Å²) in [4.78, 5) is 4.89. The summed E-state index contributed by atoms with van der Waals surface area (Å²) in [7, 11) is 0. The van der Waals surface area contributed by atoms with Gasteiger partial charge >= 0.3 is 0 Å². The third kappa shape index (κ3) is 2.56. The Balaban J connectivity index is 2.16. The molecule has 2 aromatic rings. The third-order valence-corrected chi connectivity index (χ3v) is 3.66. The van der Waals surface area contributed by atoms with Crippen molar-refractivity contribution in [2.24, 2.45) is 0 Å². The maximum absolute atomic E-state index is 5.85. The van der Waals surface area contributed by atoms with Crippen molar-refractivity contribution in [3.8, 4) is 0 Å². The van der Waals surface area contributed by atoms with Crippen LogP contribution in [0.4, 0.5) is 0 Å². The van der Waals surface area contributed by atoms with E-state index in [1.54, 1.807) is 0 Å². The van der Waals surface area contributed by atoms with E-state index in [0.29, 0.717) is 19.8 Å². The number of ether oxygens (including phenoxy) is 2. The Hall–Kier alpha value is -1.45. The first-order valence-electron chi connectivity index (χ1n) is 7.15. The molecule has 1 aliphatic rings. The second kappa shape index (κ2) is 5.15. The van der Waals surface area contributed by atoms with E-state index in [9.17, 15) is 0 Å². The van der Waals surface area contributed by atoms with Crippen molar-refractivity contribution in [1.82, 2.24) is 4.98 Å². The highest BCUT2D eigenvalue weighted by Gasteiger charge is 2.24. The molecule has 2 heterocycles. The number of aromatic nitrogens is 1. The smallest absolute Gasteiger partial charge is 0.123 e. The first-order valence-corrected chi connectivity index (χ1v) is 7.15. The zero-order chi connectivity index (χ0) is 14.2. The molecule has 1 aromatic carbocycles. The van der Waals surface area contributed by atoms with Gasteiger partial charge in [0.2, 0.25) is 0 Å². The molecule has 1 aromatic heterocycles. The molecule has 1 saturated heterocycles. The van der Waals surface area contributed by atoms with Gasteiger partial charge in [-0.05, 0) is 11.5 Å². The summed E-state index contributed by atoms with van der Waals surface area (Å²) >= 11 is 0. The second-order valence-corrected chi connectivity index (χ2v) is 6.30. The zero-order valence-electron chi connectivity index (χ0n) is 12.3. The van der Waals surface area contributed by atoms with E-state index in [4.69, 9.17) is 14.5 Å². The van der Waals surface area contributed by atoms with E-state index < -0.39 is 0 Å². The lowest BCUT2D eigenvalue weighted by molar-refractivity contribution is -0.0912. The van der Waals surface area contributed by atoms with Crippen molar-refractivity contribution >= 4 is 10.8 Å². The lowest BCUT2D eigenvalue weighted by atomic mass is 9.89. The maximum atomic E-state index is 5.85. The second-order valence-electron chi connectivity index (χ2n) is 6.30. The normalized spacial score (nSPS) is 20.2. The predicted molar refractivity (Wildman–Crippen MR) is 80.0 cm³/mol. The van der Waals surface area contributed by atoms with Gasteiger partial charge in [-0.3, -0.25) is 4.98 Å². The fourth-order valence-corrected chi connectivity index (χ4v) is 2.50. The number of rotatable bonds is 1. The van der Waals surface area contributed by atoms with Crippen LogP contribution in [0.3, 0.4) is 0 Å². The van der Waals surface area contributed by atoms with Gasteiger partial charge in [-0.1, -0.05) is 45.0 Å². The molecular weight excluding hydrogens is 250 g/mol.